The van der Waals surface area contributed by atoms with Crippen LogP contribution in [0.25, 0.3) is 0 Å². The molecule has 1 saturated heterocycles. The molecule has 0 aromatic rings. The molecule has 0 aromatic heterocycles. The lowest BCUT2D eigenvalue weighted by molar-refractivity contribution is 0.0489. The monoisotopic (exact) mass is 171 g/mol. The summed E-state index contributed by atoms with van der Waals surface area (Å²) in [5, 5.41) is 9.30. The van der Waals surface area contributed by atoms with Crippen LogP contribution < -0.4 is 0 Å². The van der Waals surface area contributed by atoms with Crippen molar-refractivity contribution in [3.63, 3.8) is 0 Å². The molecule has 0 bridgehead atoms. The fraction of sp³-hybridized carbons (Fsp3) is 1.00. The van der Waals surface area contributed by atoms with Gasteiger partial charge in [-0.1, -0.05) is 6.42 Å². The summed E-state index contributed by atoms with van der Waals surface area (Å²) in [6.45, 7) is 7.23. The van der Waals surface area contributed by atoms with Crippen LogP contribution in [0.4, 0.5) is 0 Å². The van der Waals surface area contributed by atoms with Gasteiger partial charge in [-0.3, -0.25) is 4.90 Å². The van der Waals surface area contributed by atoms with Crippen LogP contribution in [0.15, 0.2) is 0 Å². The Morgan fingerprint density at radius 1 is 1.33 bits per heavy atom. The normalized spacial score (nSPS) is 35.0. The Bertz CT molecular complexity index is 126. The molecular weight excluding hydrogens is 150 g/mol. The first-order valence-corrected chi connectivity index (χ1v) is 5.05. The number of rotatable bonds is 2. The maximum absolute atomic E-state index is 9.30. The fourth-order valence-corrected chi connectivity index (χ4v) is 2.14. The number of β-amino-alcohol motifs (C(OH)–C–C–N with tert-alkyl or cyclic N) is 1. The van der Waals surface area contributed by atoms with E-state index in [9.17, 15) is 5.11 Å². The van der Waals surface area contributed by atoms with Gasteiger partial charge in [0.05, 0.1) is 6.10 Å². The van der Waals surface area contributed by atoms with Crippen molar-refractivity contribution in [2.24, 2.45) is 0 Å². The predicted molar refractivity (Wildman–Crippen MR) is 51.2 cm³/mol. The molecule has 2 nitrogen and oxygen atoms in total. The Kier molecular flexibility index (Phi) is 3.53. The molecule has 1 aliphatic rings. The van der Waals surface area contributed by atoms with E-state index < -0.39 is 0 Å². The molecule has 1 heterocycles. The van der Waals surface area contributed by atoms with Crippen molar-refractivity contribution >= 4 is 0 Å². The molecule has 12 heavy (non-hydrogen) atoms. The second-order valence-corrected chi connectivity index (χ2v) is 4.17. The van der Waals surface area contributed by atoms with Gasteiger partial charge in [0.15, 0.2) is 0 Å². The van der Waals surface area contributed by atoms with Crippen molar-refractivity contribution < 1.29 is 5.11 Å². The Morgan fingerprint density at radius 3 is 2.25 bits per heavy atom. The van der Waals surface area contributed by atoms with Gasteiger partial charge in [0.25, 0.3) is 0 Å². The molecular formula is C10H21NO. The molecule has 3 atom stereocenters. The highest BCUT2D eigenvalue weighted by molar-refractivity contribution is 4.80. The first kappa shape index (κ1) is 10.0. The Hall–Kier alpha value is -0.0800. The van der Waals surface area contributed by atoms with Crippen molar-refractivity contribution in [1.29, 1.82) is 0 Å². The molecule has 3 unspecified atom stereocenters. The maximum Gasteiger partial charge on any atom is 0.0639 e. The van der Waals surface area contributed by atoms with E-state index in [1.807, 2.05) is 6.92 Å². The molecule has 0 amide bonds. The number of likely N-dealkylation sites (tertiary alicyclic amines) is 1. The van der Waals surface area contributed by atoms with E-state index in [1.165, 1.54) is 19.3 Å². The summed E-state index contributed by atoms with van der Waals surface area (Å²) in [6, 6.07) is 1.31. The number of hydrogen-bond donors (Lipinski definition) is 1. The van der Waals surface area contributed by atoms with E-state index in [2.05, 4.69) is 18.7 Å². The van der Waals surface area contributed by atoms with Crippen LogP contribution in [0.1, 0.15) is 40.0 Å². The zero-order chi connectivity index (χ0) is 9.14. The Balaban J connectivity index is 2.45. The summed E-state index contributed by atoms with van der Waals surface area (Å²) in [7, 11) is 0. The molecule has 1 fully saturated rings. The van der Waals surface area contributed by atoms with E-state index in [0.29, 0.717) is 12.1 Å². The quantitative estimate of drug-likeness (QED) is 0.682. The molecule has 0 aromatic carbocycles. The first-order valence-electron chi connectivity index (χ1n) is 5.05. The van der Waals surface area contributed by atoms with E-state index in [4.69, 9.17) is 0 Å². The van der Waals surface area contributed by atoms with Gasteiger partial charge in [0, 0.05) is 18.6 Å². The molecule has 1 rings (SSSR count). The molecule has 1 aliphatic heterocycles. The van der Waals surface area contributed by atoms with Crippen LogP contribution >= 0.6 is 0 Å². The van der Waals surface area contributed by atoms with Crippen LogP contribution in [0, 0.1) is 0 Å². The third-order valence-corrected chi connectivity index (χ3v) is 2.85. The average Bonchev–Trinajstić information content (AvgIpc) is 1.97. The molecule has 0 saturated carbocycles. The molecule has 0 spiro atoms. The van der Waals surface area contributed by atoms with Crippen molar-refractivity contribution in [1.82, 2.24) is 4.90 Å². The zero-order valence-electron chi connectivity index (χ0n) is 8.45. The lowest BCUT2D eigenvalue weighted by atomic mass is 9.97. The van der Waals surface area contributed by atoms with Gasteiger partial charge in [-0.15, -0.1) is 0 Å². The molecule has 72 valence electrons. The van der Waals surface area contributed by atoms with Crippen LogP contribution in [0.2, 0.25) is 0 Å². The van der Waals surface area contributed by atoms with Crippen molar-refractivity contribution in [3.8, 4) is 0 Å². The smallest absolute Gasteiger partial charge is 0.0639 e. The fourth-order valence-electron chi connectivity index (χ4n) is 2.14. The van der Waals surface area contributed by atoms with Crippen LogP contribution in [-0.2, 0) is 0 Å². The molecule has 0 aliphatic carbocycles. The first-order chi connectivity index (χ1) is 5.61. The maximum atomic E-state index is 9.30. The third kappa shape index (κ3) is 2.46. The lowest BCUT2D eigenvalue weighted by Gasteiger charge is -2.39. The second kappa shape index (κ2) is 4.24. The van der Waals surface area contributed by atoms with Gasteiger partial charge in [-0.25, -0.2) is 0 Å². The highest BCUT2D eigenvalue weighted by Gasteiger charge is 2.24. The van der Waals surface area contributed by atoms with Gasteiger partial charge in [-0.05, 0) is 33.6 Å². The van der Waals surface area contributed by atoms with E-state index in [1.54, 1.807) is 0 Å². The molecule has 2 heteroatoms. The van der Waals surface area contributed by atoms with E-state index in [-0.39, 0.29) is 6.10 Å². The van der Waals surface area contributed by atoms with Gasteiger partial charge in [0.2, 0.25) is 0 Å². The summed E-state index contributed by atoms with van der Waals surface area (Å²) in [5.41, 5.74) is 0. The minimum Gasteiger partial charge on any atom is -0.392 e. The summed E-state index contributed by atoms with van der Waals surface area (Å²) in [4.78, 5) is 2.42. The minimum atomic E-state index is -0.187. The van der Waals surface area contributed by atoms with Gasteiger partial charge >= 0.3 is 0 Å². The van der Waals surface area contributed by atoms with Crippen molar-refractivity contribution in [3.05, 3.63) is 0 Å². The summed E-state index contributed by atoms with van der Waals surface area (Å²) in [6.07, 6.45) is 3.74. The summed E-state index contributed by atoms with van der Waals surface area (Å²) in [5.74, 6) is 0. The van der Waals surface area contributed by atoms with Crippen molar-refractivity contribution in [2.45, 2.75) is 58.2 Å². The topological polar surface area (TPSA) is 23.5 Å². The zero-order valence-corrected chi connectivity index (χ0v) is 8.45. The molecule has 1 N–H and O–H groups in total. The largest absolute Gasteiger partial charge is 0.392 e. The summed E-state index contributed by atoms with van der Waals surface area (Å²) >= 11 is 0. The number of aliphatic hydroxyl groups excluding tert-OH is 1. The molecule has 0 radical (unpaired) electrons. The summed E-state index contributed by atoms with van der Waals surface area (Å²) < 4.78 is 0. The predicted octanol–water partition coefficient (Wildman–Crippen LogP) is 1.63. The van der Waals surface area contributed by atoms with Gasteiger partial charge in [-0.2, -0.15) is 0 Å². The van der Waals surface area contributed by atoms with Gasteiger partial charge < -0.3 is 5.11 Å². The third-order valence-electron chi connectivity index (χ3n) is 2.85. The van der Waals surface area contributed by atoms with Crippen LogP contribution in [0.3, 0.4) is 0 Å². The van der Waals surface area contributed by atoms with Crippen LogP contribution in [0.5, 0.6) is 0 Å². The number of hydrogen-bond acceptors (Lipinski definition) is 2. The van der Waals surface area contributed by atoms with E-state index in [0.717, 1.165) is 6.54 Å². The lowest BCUT2D eigenvalue weighted by Crippen LogP contribution is -2.46. The van der Waals surface area contributed by atoms with E-state index >= 15 is 0 Å². The standard InChI is InChI=1S/C10H21NO/c1-8-5-4-6-9(2)11(8)7-10(3)12/h8-10,12H,4-7H2,1-3H3. The number of nitrogens with zero attached hydrogens (tertiary/aromatic N) is 1. The average molecular weight is 171 g/mol. The highest BCUT2D eigenvalue weighted by atomic mass is 16.3. The van der Waals surface area contributed by atoms with Gasteiger partial charge in [0.1, 0.15) is 0 Å². The Morgan fingerprint density at radius 2 is 1.83 bits per heavy atom. The number of aliphatic hydroxyl groups is 1. The Labute approximate surface area is 75.6 Å². The SMILES string of the molecule is CC(O)CN1C(C)CCCC1C. The second-order valence-electron chi connectivity index (χ2n) is 4.17. The highest BCUT2D eigenvalue weighted by Crippen LogP contribution is 2.22. The van der Waals surface area contributed by atoms with Crippen molar-refractivity contribution in [2.75, 3.05) is 6.54 Å². The number of piperidine rings is 1. The van der Waals surface area contributed by atoms with Crippen LogP contribution in [-0.4, -0.2) is 34.7 Å². The minimum absolute atomic E-state index is 0.187.